The van der Waals surface area contributed by atoms with Gasteiger partial charge in [0.15, 0.2) is 0 Å². The fraction of sp³-hybridized carbons (Fsp3) is 0.833. The van der Waals surface area contributed by atoms with Gasteiger partial charge >= 0.3 is 0 Å². The van der Waals surface area contributed by atoms with E-state index in [1.807, 2.05) is 0 Å². The highest BCUT2D eigenvalue weighted by Crippen LogP contribution is 2.29. The normalized spacial score (nSPS) is 37.0. The third-order valence-electron chi connectivity index (χ3n) is 1.55. The van der Waals surface area contributed by atoms with Crippen molar-refractivity contribution in [2.24, 2.45) is 5.92 Å². The first-order valence-corrected chi connectivity index (χ1v) is 3.78. The van der Waals surface area contributed by atoms with Crippen LogP contribution < -0.4 is 0 Å². The van der Waals surface area contributed by atoms with Gasteiger partial charge in [-0.25, -0.2) is 0 Å². The maximum Gasteiger partial charge on any atom is 0.0656 e. The fourth-order valence-corrected chi connectivity index (χ4v) is 1.76. The molecule has 0 spiro atoms. The predicted molar refractivity (Wildman–Crippen MR) is 35.7 cm³/mol. The molecule has 8 heavy (non-hydrogen) atoms. The lowest BCUT2D eigenvalue weighted by molar-refractivity contribution is 0.704. The summed E-state index contributed by atoms with van der Waals surface area (Å²) in [4.78, 5) is 0.618. The molecule has 0 amide bonds. The topological polar surface area (TPSA) is 23.8 Å². The molecular formula is C6H8BrN. The Hall–Kier alpha value is -0.0300. The van der Waals surface area contributed by atoms with Crippen LogP contribution in [0.3, 0.4) is 0 Å². The van der Waals surface area contributed by atoms with Gasteiger partial charge in [0, 0.05) is 10.7 Å². The molecule has 1 rings (SSSR count). The van der Waals surface area contributed by atoms with Gasteiger partial charge in [0.25, 0.3) is 0 Å². The van der Waals surface area contributed by atoms with E-state index in [-0.39, 0.29) is 0 Å². The van der Waals surface area contributed by atoms with Gasteiger partial charge in [0.05, 0.1) is 6.07 Å². The van der Waals surface area contributed by atoms with E-state index in [9.17, 15) is 0 Å². The summed E-state index contributed by atoms with van der Waals surface area (Å²) in [6, 6.07) is 2.26. The molecule has 44 valence electrons. The van der Waals surface area contributed by atoms with E-state index in [0.29, 0.717) is 10.7 Å². The van der Waals surface area contributed by atoms with Crippen LogP contribution in [0.1, 0.15) is 19.3 Å². The minimum Gasteiger partial charge on any atom is -0.198 e. The fourth-order valence-electron chi connectivity index (χ4n) is 1.04. The van der Waals surface area contributed by atoms with Gasteiger partial charge in [-0.3, -0.25) is 0 Å². The summed E-state index contributed by atoms with van der Waals surface area (Å²) in [5, 5.41) is 8.41. The first-order chi connectivity index (χ1) is 3.83. The van der Waals surface area contributed by atoms with Crippen LogP contribution in [-0.2, 0) is 0 Å². The van der Waals surface area contributed by atoms with Crippen molar-refractivity contribution in [1.82, 2.24) is 0 Å². The highest BCUT2D eigenvalue weighted by atomic mass is 79.9. The summed E-state index contributed by atoms with van der Waals surface area (Å²) in [6.45, 7) is 0. The molecule has 1 saturated carbocycles. The molecule has 2 atom stereocenters. The van der Waals surface area contributed by atoms with E-state index in [0.717, 1.165) is 12.8 Å². The Balaban J connectivity index is 2.35. The Morgan fingerprint density at radius 2 is 2.25 bits per heavy atom. The number of nitriles is 1. The minimum atomic E-state index is 0.333. The van der Waals surface area contributed by atoms with Crippen molar-refractivity contribution in [3.8, 4) is 6.07 Å². The molecule has 0 aliphatic heterocycles. The minimum absolute atomic E-state index is 0.333. The Kier molecular flexibility index (Phi) is 1.90. The summed E-state index contributed by atoms with van der Waals surface area (Å²) in [6.07, 6.45) is 3.32. The van der Waals surface area contributed by atoms with Crippen molar-refractivity contribution in [2.75, 3.05) is 0 Å². The monoisotopic (exact) mass is 173 g/mol. The molecule has 1 nitrogen and oxygen atoms in total. The second-order valence-corrected chi connectivity index (χ2v) is 3.53. The van der Waals surface area contributed by atoms with Gasteiger partial charge in [0.2, 0.25) is 0 Å². The summed E-state index contributed by atoms with van der Waals surface area (Å²) >= 11 is 3.47. The Labute approximate surface area is 57.8 Å². The lowest BCUT2D eigenvalue weighted by Gasteiger charge is -1.92. The lowest BCUT2D eigenvalue weighted by Crippen LogP contribution is -1.89. The SMILES string of the molecule is N#CC1CCC(Br)C1. The maximum atomic E-state index is 8.41. The third kappa shape index (κ3) is 1.23. The number of rotatable bonds is 0. The van der Waals surface area contributed by atoms with Crippen molar-refractivity contribution < 1.29 is 0 Å². The maximum absolute atomic E-state index is 8.41. The van der Waals surface area contributed by atoms with Crippen LogP contribution in [0.2, 0.25) is 0 Å². The molecule has 0 aromatic heterocycles. The Bertz CT molecular complexity index is 116. The second kappa shape index (κ2) is 2.50. The van der Waals surface area contributed by atoms with Gasteiger partial charge < -0.3 is 0 Å². The predicted octanol–water partition coefficient (Wildman–Crippen LogP) is 2.07. The molecule has 0 saturated heterocycles. The van der Waals surface area contributed by atoms with Gasteiger partial charge in [0.1, 0.15) is 0 Å². The molecule has 2 unspecified atom stereocenters. The van der Waals surface area contributed by atoms with Crippen LogP contribution in [0.4, 0.5) is 0 Å². The average molecular weight is 174 g/mol. The van der Waals surface area contributed by atoms with Crippen LogP contribution in [0.5, 0.6) is 0 Å². The number of alkyl halides is 1. The molecule has 0 N–H and O–H groups in total. The standard InChI is InChI=1S/C6H8BrN/c7-6-2-1-5(3-6)4-8/h5-6H,1-3H2. The molecular weight excluding hydrogens is 166 g/mol. The van der Waals surface area contributed by atoms with Gasteiger partial charge in [-0.2, -0.15) is 5.26 Å². The largest absolute Gasteiger partial charge is 0.198 e. The highest BCUT2D eigenvalue weighted by molar-refractivity contribution is 9.09. The van der Waals surface area contributed by atoms with Crippen LogP contribution in [0.25, 0.3) is 0 Å². The Morgan fingerprint density at radius 3 is 2.50 bits per heavy atom. The van der Waals surface area contributed by atoms with Gasteiger partial charge in [-0.1, -0.05) is 15.9 Å². The van der Waals surface area contributed by atoms with Crippen molar-refractivity contribution >= 4 is 15.9 Å². The number of hydrogen-bond donors (Lipinski definition) is 0. The zero-order valence-electron chi connectivity index (χ0n) is 4.60. The van der Waals surface area contributed by atoms with Crippen LogP contribution in [-0.4, -0.2) is 4.83 Å². The van der Waals surface area contributed by atoms with E-state index in [2.05, 4.69) is 22.0 Å². The number of hydrogen-bond acceptors (Lipinski definition) is 1. The van der Waals surface area contributed by atoms with Gasteiger partial charge in [-0.15, -0.1) is 0 Å². The average Bonchev–Trinajstić information content (AvgIpc) is 2.14. The molecule has 0 heterocycles. The first-order valence-electron chi connectivity index (χ1n) is 2.86. The molecule has 1 aliphatic carbocycles. The number of nitrogens with zero attached hydrogens (tertiary/aromatic N) is 1. The van der Waals surface area contributed by atoms with Crippen LogP contribution in [0, 0.1) is 17.2 Å². The quantitative estimate of drug-likeness (QED) is 0.515. The van der Waals surface area contributed by atoms with Crippen molar-refractivity contribution in [3.05, 3.63) is 0 Å². The van der Waals surface area contributed by atoms with Crippen molar-refractivity contribution in [1.29, 1.82) is 5.26 Å². The summed E-state index contributed by atoms with van der Waals surface area (Å²) in [5.41, 5.74) is 0. The third-order valence-corrected chi connectivity index (χ3v) is 2.38. The molecule has 1 aliphatic rings. The first kappa shape index (κ1) is 6.10. The van der Waals surface area contributed by atoms with E-state index in [4.69, 9.17) is 5.26 Å². The van der Waals surface area contributed by atoms with E-state index < -0.39 is 0 Å². The van der Waals surface area contributed by atoms with Crippen molar-refractivity contribution in [2.45, 2.75) is 24.1 Å². The summed E-state index contributed by atoms with van der Waals surface area (Å²) < 4.78 is 0. The van der Waals surface area contributed by atoms with E-state index in [1.165, 1.54) is 6.42 Å². The molecule has 1 fully saturated rings. The molecule has 0 radical (unpaired) electrons. The van der Waals surface area contributed by atoms with E-state index >= 15 is 0 Å². The molecule has 0 aromatic carbocycles. The molecule has 0 aromatic rings. The van der Waals surface area contributed by atoms with Crippen LogP contribution in [0.15, 0.2) is 0 Å². The summed E-state index contributed by atoms with van der Waals surface area (Å²) in [5.74, 6) is 0.333. The van der Waals surface area contributed by atoms with Gasteiger partial charge in [-0.05, 0) is 19.3 Å². The van der Waals surface area contributed by atoms with E-state index in [1.54, 1.807) is 0 Å². The Morgan fingerprint density at radius 1 is 1.50 bits per heavy atom. The molecule has 0 bridgehead atoms. The lowest BCUT2D eigenvalue weighted by atomic mass is 10.1. The van der Waals surface area contributed by atoms with Crippen LogP contribution >= 0.6 is 15.9 Å². The zero-order valence-corrected chi connectivity index (χ0v) is 6.19. The smallest absolute Gasteiger partial charge is 0.0656 e. The summed E-state index contributed by atoms with van der Waals surface area (Å²) in [7, 11) is 0. The second-order valence-electron chi connectivity index (χ2n) is 2.24. The highest BCUT2D eigenvalue weighted by Gasteiger charge is 2.21. The molecule has 2 heteroatoms. The zero-order chi connectivity index (χ0) is 5.98. The van der Waals surface area contributed by atoms with Crippen molar-refractivity contribution in [3.63, 3.8) is 0 Å². The number of halogens is 1.